The molecule has 0 saturated carbocycles. The van der Waals surface area contributed by atoms with E-state index in [1.165, 1.54) is 0 Å². The SMILES string of the molecule is CC.CC.CC.CF.[CH3][Ga]1[n]2c3c4ccccc4c2N=C2N=C(N=c4c5ccccc5c([n]41)=NC1=NC(=N3)c3ccccc31)c1ccccc12. The molecule has 0 saturated heterocycles. The summed E-state index contributed by atoms with van der Waals surface area (Å²) in [7, 11) is 0.500. The molecule has 4 aliphatic heterocycles. The van der Waals surface area contributed by atoms with Crippen LogP contribution in [-0.4, -0.2) is 53.8 Å². The molecule has 4 aromatic carbocycles. The molecule has 0 atom stereocenters. The van der Waals surface area contributed by atoms with Gasteiger partial charge in [-0.2, -0.15) is 0 Å². The van der Waals surface area contributed by atoms with Crippen molar-refractivity contribution >= 4 is 73.2 Å². The van der Waals surface area contributed by atoms with E-state index in [1.807, 2.05) is 65.8 Å². The quantitative estimate of drug-likeness (QED) is 0.141. The molecule has 10 rings (SSSR count). The van der Waals surface area contributed by atoms with Crippen LogP contribution in [0.1, 0.15) is 63.8 Å². The third-order valence-electron chi connectivity index (χ3n) is 8.57. The van der Waals surface area contributed by atoms with E-state index < -0.39 is 16.7 Å². The van der Waals surface area contributed by atoms with Crippen molar-refractivity contribution in [1.82, 2.24) is 6.55 Å². The molecule has 6 bridgehead atoms. The zero-order valence-corrected chi connectivity index (χ0v) is 32.2. The summed E-state index contributed by atoms with van der Waals surface area (Å²) in [6, 6.07) is 33.3. The van der Waals surface area contributed by atoms with Gasteiger partial charge < -0.3 is 0 Å². The van der Waals surface area contributed by atoms with Gasteiger partial charge in [0, 0.05) is 0 Å². The molecule has 6 heterocycles. The van der Waals surface area contributed by atoms with Gasteiger partial charge in [0.05, 0.1) is 7.18 Å². The van der Waals surface area contributed by atoms with E-state index in [0.717, 1.165) is 66.4 Å². The number of amidine groups is 4. The predicted molar refractivity (Wildman–Crippen MR) is 208 cm³/mol. The molecule has 0 fully saturated rings. The van der Waals surface area contributed by atoms with Crippen LogP contribution in [0, 0.1) is 0 Å². The summed E-state index contributed by atoms with van der Waals surface area (Å²) in [6.07, 6.45) is 0. The van der Waals surface area contributed by atoms with Gasteiger partial charge in [0.25, 0.3) is 0 Å². The molecule has 0 amide bonds. The number of nitrogens with zero attached hydrogens (tertiary/aromatic N) is 8. The number of halogens is 1. The van der Waals surface area contributed by atoms with Gasteiger partial charge in [-0.15, -0.1) is 0 Å². The molecule has 0 spiro atoms. The van der Waals surface area contributed by atoms with E-state index >= 15 is 0 Å². The molecule has 0 aliphatic carbocycles. The van der Waals surface area contributed by atoms with Crippen LogP contribution in [0.15, 0.2) is 127 Å². The summed E-state index contributed by atoms with van der Waals surface area (Å²) in [5.41, 5.74) is 8.04. The Morgan fingerprint density at radius 3 is 1.06 bits per heavy atom. The first-order valence-corrected chi connectivity index (χ1v) is 21.9. The second-order valence-electron chi connectivity index (χ2n) is 10.8. The molecule has 2 aromatic heterocycles. The molecule has 0 unspecified atom stereocenters. The monoisotopic (exact) mass is 720 g/mol. The van der Waals surface area contributed by atoms with Crippen LogP contribution in [0.4, 0.5) is 16.0 Å². The number of fused-ring (bicyclic) bond motifs is 14. The molecular formula is C40H40FGaN8. The van der Waals surface area contributed by atoms with Gasteiger partial charge in [-0.25, -0.2) is 0 Å². The van der Waals surface area contributed by atoms with E-state index in [-0.39, 0.29) is 0 Å². The number of rotatable bonds is 0. The predicted octanol–water partition coefficient (Wildman–Crippen LogP) is 8.72. The molecule has 50 heavy (non-hydrogen) atoms. The van der Waals surface area contributed by atoms with Crippen molar-refractivity contribution in [2.75, 3.05) is 7.18 Å². The zero-order chi connectivity index (χ0) is 35.5. The van der Waals surface area contributed by atoms with E-state index in [2.05, 4.69) is 84.8 Å². The third kappa shape index (κ3) is 5.30. The summed E-state index contributed by atoms with van der Waals surface area (Å²) in [4.78, 5) is 31.4. The van der Waals surface area contributed by atoms with Gasteiger partial charge in [-0.05, 0) is 0 Å². The Morgan fingerprint density at radius 2 is 0.700 bits per heavy atom. The van der Waals surface area contributed by atoms with E-state index in [1.54, 1.807) is 0 Å². The summed E-state index contributed by atoms with van der Waals surface area (Å²) in [5.74, 6) is 4.46. The Labute approximate surface area is 297 Å². The Balaban J connectivity index is 0.000000507. The Kier molecular flexibility index (Phi) is 10.2. The van der Waals surface area contributed by atoms with E-state index in [9.17, 15) is 4.39 Å². The molecule has 250 valence electrons. The van der Waals surface area contributed by atoms with Gasteiger partial charge in [0.2, 0.25) is 0 Å². The Bertz CT molecular complexity index is 2330. The van der Waals surface area contributed by atoms with Gasteiger partial charge in [0.15, 0.2) is 0 Å². The van der Waals surface area contributed by atoms with Crippen molar-refractivity contribution in [2.24, 2.45) is 30.0 Å². The van der Waals surface area contributed by atoms with Crippen molar-refractivity contribution in [3.63, 3.8) is 0 Å². The van der Waals surface area contributed by atoms with Gasteiger partial charge in [-0.1, -0.05) is 41.5 Å². The van der Waals surface area contributed by atoms with Crippen LogP contribution in [0.25, 0.3) is 21.5 Å². The Morgan fingerprint density at radius 1 is 0.400 bits per heavy atom. The molecule has 4 aliphatic rings. The molecule has 6 aromatic rings. The fourth-order valence-electron chi connectivity index (χ4n) is 6.68. The third-order valence-corrected chi connectivity index (χ3v) is 13.8. The second kappa shape index (κ2) is 14.7. The normalized spacial score (nSPS) is 13.7. The van der Waals surface area contributed by atoms with Crippen LogP contribution in [0.5, 0.6) is 0 Å². The van der Waals surface area contributed by atoms with Gasteiger partial charge >= 0.3 is 245 Å². The first-order chi connectivity index (χ1) is 24.7. The van der Waals surface area contributed by atoms with Gasteiger partial charge in [-0.3, -0.25) is 4.39 Å². The van der Waals surface area contributed by atoms with Gasteiger partial charge in [0.1, 0.15) is 0 Å². The standard InChI is InChI=1S/C32H16N8.3C2H6.CH3F.CH3.Ga/c1-2-10-18-17(9-1)25-33-26(18)38-28-21-13-5-6-14-22(21)30(35-28)40-32-24-16-8-7-15-23(24)31(36-32)39-29-20-12-4-3-11-19(20)27(34-29)37-25;4*1-2;;/h1-16H;3*1-2H3;1H3;1H3;/q-2;;;;;;+2. The van der Waals surface area contributed by atoms with Crippen molar-refractivity contribution in [3.05, 3.63) is 130 Å². The summed E-state index contributed by atoms with van der Waals surface area (Å²) in [6.45, 7) is 12.0. The maximum absolute atomic E-state index is 9.50. The molecule has 10 heteroatoms. The Hall–Kier alpha value is -5.19. The van der Waals surface area contributed by atoms with Crippen LogP contribution < -0.4 is 11.0 Å². The summed E-state index contributed by atoms with van der Waals surface area (Å²) >= 11 is -2.85. The molecule has 8 nitrogen and oxygen atoms in total. The summed E-state index contributed by atoms with van der Waals surface area (Å²) < 4.78 is 14.3. The van der Waals surface area contributed by atoms with Crippen LogP contribution >= 0.6 is 0 Å². The number of hydrogen-bond donors (Lipinski definition) is 0. The maximum atomic E-state index is 9.50. The second-order valence-corrected chi connectivity index (χ2v) is 15.6. The number of hydrogen-bond acceptors (Lipinski definition) is 6. The number of aliphatic imine (C=N–C) groups is 4. The van der Waals surface area contributed by atoms with Crippen molar-refractivity contribution in [2.45, 2.75) is 47.0 Å². The first kappa shape index (κ1) is 34.7. The van der Waals surface area contributed by atoms with E-state index in [4.69, 9.17) is 30.0 Å². The van der Waals surface area contributed by atoms with Crippen molar-refractivity contribution in [3.8, 4) is 0 Å². The fraction of sp³-hybridized carbons (Fsp3) is 0.200. The van der Waals surface area contributed by atoms with Crippen molar-refractivity contribution in [1.29, 1.82) is 0 Å². The molecular weight excluding hydrogens is 681 g/mol. The molecule has 0 radical (unpaired) electrons. The minimum atomic E-state index is -2.85. The number of benzene rings is 4. The first-order valence-electron chi connectivity index (χ1n) is 17.4. The fourth-order valence-corrected chi connectivity index (χ4v) is 11.8. The number of aromatic nitrogens is 2. The average molecular weight is 722 g/mol. The van der Waals surface area contributed by atoms with Crippen LogP contribution in [-0.2, 0) is 0 Å². The van der Waals surface area contributed by atoms with Crippen LogP contribution in [0.3, 0.4) is 0 Å². The molecule has 0 N–H and O–H groups in total. The van der Waals surface area contributed by atoms with Crippen LogP contribution in [0.2, 0.25) is 5.48 Å². The minimum absolute atomic E-state index is 0.500. The number of alkyl halides is 1. The zero-order valence-electron chi connectivity index (χ0n) is 29.8. The average Bonchev–Trinajstić information content (AvgIpc) is 3.91. The topological polar surface area (TPSA) is 84.0 Å². The van der Waals surface area contributed by atoms with E-state index in [0.29, 0.717) is 30.5 Å². The summed E-state index contributed by atoms with van der Waals surface area (Å²) in [5, 5.41) is 4.19. The van der Waals surface area contributed by atoms with Crippen molar-refractivity contribution < 1.29 is 4.39 Å².